The number of benzene rings is 1. The predicted molar refractivity (Wildman–Crippen MR) is 66.4 cm³/mol. The van der Waals surface area contributed by atoms with Gasteiger partial charge in [0.05, 0.1) is 6.54 Å². The van der Waals surface area contributed by atoms with Crippen molar-refractivity contribution < 1.29 is 9.18 Å². The number of likely N-dealkylation sites (N-methyl/N-ethyl adjacent to an activating group) is 2. The standard InChI is InChI=1S/C12H16ClFN2O/c1-3-15-7-12(17)16(2)8-9-6-10(13)4-5-11(9)14/h4-6,15H,3,7-8H2,1-2H3. The van der Waals surface area contributed by atoms with E-state index < -0.39 is 0 Å². The summed E-state index contributed by atoms with van der Waals surface area (Å²) >= 11 is 5.78. The van der Waals surface area contributed by atoms with Crippen molar-refractivity contribution in [2.45, 2.75) is 13.5 Å². The van der Waals surface area contributed by atoms with E-state index in [1.807, 2.05) is 6.92 Å². The molecule has 0 radical (unpaired) electrons. The Bertz CT molecular complexity index is 398. The third-order valence-corrected chi connectivity index (χ3v) is 2.60. The van der Waals surface area contributed by atoms with E-state index in [2.05, 4.69) is 5.32 Å². The van der Waals surface area contributed by atoms with Gasteiger partial charge in [0.1, 0.15) is 5.82 Å². The number of nitrogens with one attached hydrogen (secondary N) is 1. The molecule has 1 amide bonds. The summed E-state index contributed by atoms with van der Waals surface area (Å²) in [4.78, 5) is 13.1. The average Bonchev–Trinajstić information content (AvgIpc) is 2.30. The van der Waals surface area contributed by atoms with E-state index in [0.717, 1.165) is 6.54 Å². The van der Waals surface area contributed by atoms with Crippen LogP contribution in [0.15, 0.2) is 18.2 Å². The zero-order valence-electron chi connectivity index (χ0n) is 9.96. The van der Waals surface area contributed by atoms with Gasteiger partial charge in [-0.05, 0) is 24.7 Å². The van der Waals surface area contributed by atoms with Crippen molar-refractivity contribution >= 4 is 17.5 Å². The number of halogens is 2. The molecule has 0 atom stereocenters. The van der Waals surface area contributed by atoms with Gasteiger partial charge in [0.15, 0.2) is 0 Å². The van der Waals surface area contributed by atoms with Crippen LogP contribution < -0.4 is 5.32 Å². The van der Waals surface area contributed by atoms with Crippen molar-refractivity contribution in [1.29, 1.82) is 0 Å². The lowest BCUT2D eigenvalue weighted by Crippen LogP contribution is -2.35. The first-order valence-electron chi connectivity index (χ1n) is 5.43. The molecule has 94 valence electrons. The van der Waals surface area contributed by atoms with E-state index in [9.17, 15) is 9.18 Å². The second kappa shape index (κ2) is 6.57. The third-order valence-electron chi connectivity index (χ3n) is 2.37. The number of hydrogen-bond donors (Lipinski definition) is 1. The quantitative estimate of drug-likeness (QED) is 0.877. The minimum atomic E-state index is -0.350. The maximum absolute atomic E-state index is 13.4. The molecule has 3 nitrogen and oxygen atoms in total. The minimum absolute atomic E-state index is 0.0776. The van der Waals surface area contributed by atoms with Crippen molar-refractivity contribution in [3.63, 3.8) is 0 Å². The minimum Gasteiger partial charge on any atom is -0.340 e. The largest absolute Gasteiger partial charge is 0.340 e. The molecule has 0 aliphatic carbocycles. The fourth-order valence-electron chi connectivity index (χ4n) is 1.38. The van der Waals surface area contributed by atoms with Crippen LogP contribution in [0.1, 0.15) is 12.5 Å². The van der Waals surface area contributed by atoms with Crippen LogP contribution in [-0.4, -0.2) is 30.9 Å². The fraction of sp³-hybridized carbons (Fsp3) is 0.417. The molecule has 0 bridgehead atoms. The van der Waals surface area contributed by atoms with E-state index in [1.165, 1.54) is 23.1 Å². The highest BCUT2D eigenvalue weighted by Crippen LogP contribution is 2.16. The molecule has 0 spiro atoms. The Hall–Kier alpha value is -1.13. The second-order valence-corrected chi connectivity index (χ2v) is 4.20. The molecule has 17 heavy (non-hydrogen) atoms. The zero-order valence-corrected chi connectivity index (χ0v) is 10.7. The molecular formula is C12H16ClFN2O. The Labute approximate surface area is 106 Å². The molecule has 0 unspecified atom stereocenters. The summed E-state index contributed by atoms with van der Waals surface area (Å²) in [6.45, 7) is 3.13. The van der Waals surface area contributed by atoms with Crippen LogP contribution in [0.2, 0.25) is 5.02 Å². The van der Waals surface area contributed by atoms with Crippen LogP contribution in [0.4, 0.5) is 4.39 Å². The lowest BCUT2D eigenvalue weighted by Gasteiger charge is -2.18. The predicted octanol–water partition coefficient (Wildman–Crippen LogP) is 2.05. The Balaban J connectivity index is 2.64. The van der Waals surface area contributed by atoms with Crippen LogP contribution in [0.5, 0.6) is 0 Å². The van der Waals surface area contributed by atoms with Crippen LogP contribution >= 0.6 is 11.6 Å². The molecule has 1 aromatic rings. The van der Waals surface area contributed by atoms with Crippen LogP contribution in [0.25, 0.3) is 0 Å². The normalized spacial score (nSPS) is 10.4. The lowest BCUT2D eigenvalue weighted by atomic mass is 10.2. The third kappa shape index (κ3) is 4.32. The van der Waals surface area contributed by atoms with E-state index in [1.54, 1.807) is 7.05 Å². The molecule has 1 aromatic carbocycles. The van der Waals surface area contributed by atoms with E-state index in [0.29, 0.717) is 10.6 Å². The Morgan fingerprint density at radius 2 is 2.24 bits per heavy atom. The Kier molecular flexibility index (Phi) is 5.38. The molecule has 0 aliphatic heterocycles. The number of nitrogens with zero attached hydrogens (tertiary/aromatic N) is 1. The first kappa shape index (κ1) is 13.9. The number of hydrogen-bond acceptors (Lipinski definition) is 2. The number of carbonyl (C=O) groups is 1. The molecule has 0 aromatic heterocycles. The van der Waals surface area contributed by atoms with Crippen molar-refractivity contribution in [1.82, 2.24) is 10.2 Å². The van der Waals surface area contributed by atoms with Gasteiger partial charge in [-0.25, -0.2) is 4.39 Å². The zero-order chi connectivity index (χ0) is 12.8. The number of amides is 1. The summed E-state index contributed by atoms with van der Waals surface area (Å²) in [5, 5.41) is 3.40. The average molecular weight is 259 g/mol. The van der Waals surface area contributed by atoms with Gasteiger partial charge in [-0.15, -0.1) is 0 Å². The lowest BCUT2D eigenvalue weighted by molar-refractivity contribution is -0.129. The van der Waals surface area contributed by atoms with Crippen LogP contribution in [0, 0.1) is 5.82 Å². The maximum atomic E-state index is 13.4. The highest BCUT2D eigenvalue weighted by atomic mass is 35.5. The first-order valence-corrected chi connectivity index (χ1v) is 5.81. The van der Waals surface area contributed by atoms with Gasteiger partial charge in [-0.3, -0.25) is 4.79 Å². The van der Waals surface area contributed by atoms with Gasteiger partial charge in [0, 0.05) is 24.2 Å². The number of carbonyl (C=O) groups excluding carboxylic acids is 1. The summed E-state index contributed by atoms with van der Waals surface area (Å²) in [6, 6.07) is 4.33. The van der Waals surface area contributed by atoms with E-state index in [4.69, 9.17) is 11.6 Å². The van der Waals surface area contributed by atoms with Crippen molar-refractivity contribution in [2.24, 2.45) is 0 Å². The summed E-state index contributed by atoms with van der Waals surface area (Å²) in [5.41, 5.74) is 0.421. The second-order valence-electron chi connectivity index (χ2n) is 3.77. The SMILES string of the molecule is CCNCC(=O)N(C)Cc1cc(Cl)ccc1F. The molecule has 5 heteroatoms. The van der Waals surface area contributed by atoms with Gasteiger partial charge in [-0.2, -0.15) is 0 Å². The maximum Gasteiger partial charge on any atom is 0.236 e. The molecule has 0 heterocycles. The highest BCUT2D eigenvalue weighted by molar-refractivity contribution is 6.30. The Morgan fingerprint density at radius 3 is 2.88 bits per heavy atom. The van der Waals surface area contributed by atoms with Crippen LogP contribution in [-0.2, 0) is 11.3 Å². The van der Waals surface area contributed by atoms with Crippen molar-refractivity contribution in [3.05, 3.63) is 34.6 Å². The van der Waals surface area contributed by atoms with Gasteiger partial charge in [0.2, 0.25) is 5.91 Å². The fourth-order valence-corrected chi connectivity index (χ4v) is 1.57. The first-order chi connectivity index (χ1) is 8.04. The van der Waals surface area contributed by atoms with E-state index >= 15 is 0 Å². The molecular weight excluding hydrogens is 243 g/mol. The molecule has 0 aliphatic rings. The smallest absolute Gasteiger partial charge is 0.236 e. The highest BCUT2D eigenvalue weighted by Gasteiger charge is 2.11. The van der Waals surface area contributed by atoms with Gasteiger partial charge >= 0.3 is 0 Å². The van der Waals surface area contributed by atoms with E-state index in [-0.39, 0.29) is 24.8 Å². The van der Waals surface area contributed by atoms with Crippen molar-refractivity contribution in [2.75, 3.05) is 20.1 Å². The summed E-state index contributed by atoms with van der Waals surface area (Å²) in [7, 11) is 1.64. The molecule has 1 N–H and O–H groups in total. The molecule has 1 rings (SSSR count). The van der Waals surface area contributed by atoms with Crippen LogP contribution in [0.3, 0.4) is 0 Å². The summed E-state index contributed by atoms with van der Waals surface area (Å²) < 4.78 is 13.4. The molecule has 0 saturated heterocycles. The number of rotatable bonds is 5. The Morgan fingerprint density at radius 1 is 1.53 bits per heavy atom. The van der Waals surface area contributed by atoms with Crippen molar-refractivity contribution in [3.8, 4) is 0 Å². The monoisotopic (exact) mass is 258 g/mol. The molecule has 0 fully saturated rings. The summed E-state index contributed by atoms with van der Waals surface area (Å²) in [6.07, 6.45) is 0. The van der Waals surface area contributed by atoms with Gasteiger partial charge < -0.3 is 10.2 Å². The summed E-state index contributed by atoms with van der Waals surface area (Å²) in [5.74, 6) is -0.427. The van der Waals surface area contributed by atoms with Gasteiger partial charge in [-0.1, -0.05) is 18.5 Å². The molecule has 0 saturated carbocycles. The van der Waals surface area contributed by atoms with Gasteiger partial charge in [0.25, 0.3) is 0 Å². The topological polar surface area (TPSA) is 32.3 Å².